The van der Waals surface area contributed by atoms with Crippen molar-refractivity contribution in [1.82, 2.24) is 0 Å². The minimum atomic E-state index is -0.103. The number of phenolic OH excluding ortho intramolecular Hbond substituents is 1. The first kappa shape index (κ1) is 19.9. The first-order chi connectivity index (χ1) is 13.5. The van der Waals surface area contributed by atoms with Crippen molar-refractivity contribution in [3.8, 4) is 17.2 Å². The van der Waals surface area contributed by atoms with Crippen LogP contribution in [0, 0.1) is 5.92 Å². The molecular weight excluding hydrogens is 358 g/mol. The van der Waals surface area contributed by atoms with Crippen LogP contribution < -0.4 is 10.5 Å². The zero-order valence-corrected chi connectivity index (χ0v) is 15.7. The monoisotopic (exact) mass is 383 g/mol. The number of aromatic hydroxyl groups is 1. The number of carbonyl (C=O) groups excluding carboxylic acids is 2. The highest BCUT2D eigenvalue weighted by Gasteiger charge is 2.21. The van der Waals surface area contributed by atoms with E-state index >= 15 is 0 Å². The molecule has 1 fully saturated rings. The summed E-state index contributed by atoms with van der Waals surface area (Å²) in [5.41, 5.74) is 6.81. The van der Waals surface area contributed by atoms with Gasteiger partial charge in [-0.05, 0) is 55.7 Å². The Bertz CT molecular complexity index is 825. The van der Waals surface area contributed by atoms with E-state index in [1.807, 2.05) is 0 Å². The summed E-state index contributed by atoms with van der Waals surface area (Å²) in [4.78, 5) is 24.8. The molecule has 2 aromatic carbocycles. The van der Waals surface area contributed by atoms with E-state index in [1.54, 1.807) is 30.3 Å². The molecule has 28 heavy (non-hydrogen) atoms. The highest BCUT2D eigenvalue weighted by molar-refractivity contribution is 6.02. The van der Waals surface area contributed by atoms with Crippen LogP contribution in [0.3, 0.4) is 0 Å². The predicted molar refractivity (Wildman–Crippen MR) is 106 cm³/mol. The van der Waals surface area contributed by atoms with E-state index in [-0.39, 0.29) is 35.3 Å². The number of hydrogen-bond acceptors (Lipinski definition) is 6. The van der Waals surface area contributed by atoms with Crippen LogP contribution in [-0.4, -0.2) is 29.9 Å². The van der Waals surface area contributed by atoms with Gasteiger partial charge in [0.15, 0.2) is 11.5 Å². The molecule has 0 bridgehead atoms. The van der Waals surface area contributed by atoms with Gasteiger partial charge >= 0.3 is 0 Å². The van der Waals surface area contributed by atoms with Crippen molar-refractivity contribution in [2.45, 2.75) is 32.1 Å². The van der Waals surface area contributed by atoms with Crippen LogP contribution in [0.25, 0.3) is 0 Å². The van der Waals surface area contributed by atoms with Gasteiger partial charge in [-0.1, -0.05) is 6.07 Å². The first-order valence-corrected chi connectivity index (χ1v) is 9.53. The van der Waals surface area contributed by atoms with E-state index in [1.165, 1.54) is 12.1 Å². The summed E-state index contributed by atoms with van der Waals surface area (Å²) in [7, 11) is 0. The molecule has 0 atom stereocenters. The molecule has 0 aliphatic carbocycles. The summed E-state index contributed by atoms with van der Waals surface area (Å²) in [5, 5.41) is 9.34. The second kappa shape index (κ2) is 9.37. The fourth-order valence-electron chi connectivity index (χ4n) is 3.30. The van der Waals surface area contributed by atoms with Gasteiger partial charge < -0.3 is 20.3 Å². The van der Waals surface area contributed by atoms with Crippen LogP contribution in [-0.2, 0) is 9.53 Å². The van der Waals surface area contributed by atoms with Gasteiger partial charge in [-0.3, -0.25) is 9.59 Å². The third-order valence-corrected chi connectivity index (χ3v) is 4.93. The van der Waals surface area contributed by atoms with Crippen molar-refractivity contribution in [2.24, 2.45) is 5.92 Å². The fraction of sp³-hybridized carbons (Fsp3) is 0.364. The largest absolute Gasteiger partial charge is 0.508 e. The number of nitrogen functional groups attached to an aromatic ring is 1. The standard InChI is InChI=1S/C22H25NO5/c23-22-18(3-1-6-21(22)28-17-9-7-16(24)8-10-17)20(26)5-2-4-19(25)15-11-13-27-14-12-15/h1,3,6-10,15,24H,2,4-5,11-14,23H2. The number of nitrogens with two attached hydrogens (primary N) is 1. The third kappa shape index (κ3) is 5.10. The van der Waals surface area contributed by atoms with Crippen molar-refractivity contribution in [1.29, 1.82) is 0 Å². The number of hydrogen-bond donors (Lipinski definition) is 2. The van der Waals surface area contributed by atoms with Crippen LogP contribution in [0.2, 0.25) is 0 Å². The molecule has 1 aliphatic rings. The molecule has 3 N–H and O–H groups in total. The minimum Gasteiger partial charge on any atom is -0.508 e. The molecule has 148 valence electrons. The highest BCUT2D eigenvalue weighted by atomic mass is 16.5. The molecule has 1 aliphatic heterocycles. The molecule has 1 saturated heterocycles. The normalized spacial score (nSPS) is 14.6. The number of rotatable bonds is 8. The SMILES string of the molecule is Nc1c(Oc2ccc(O)cc2)cccc1C(=O)CCCC(=O)C1CCOCC1. The van der Waals surface area contributed by atoms with Gasteiger partial charge in [-0.2, -0.15) is 0 Å². The summed E-state index contributed by atoms with van der Waals surface area (Å²) >= 11 is 0. The highest BCUT2D eigenvalue weighted by Crippen LogP contribution is 2.31. The minimum absolute atomic E-state index is 0.0657. The Morgan fingerprint density at radius 1 is 1.07 bits per heavy atom. The molecule has 2 aromatic rings. The van der Waals surface area contributed by atoms with E-state index in [0.29, 0.717) is 43.1 Å². The smallest absolute Gasteiger partial charge is 0.165 e. The number of phenols is 1. The topological polar surface area (TPSA) is 98.9 Å². The van der Waals surface area contributed by atoms with E-state index in [4.69, 9.17) is 15.2 Å². The Kier molecular flexibility index (Phi) is 6.66. The number of para-hydroxylation sites is 1. The summed E-state index contributed by atoms with van der Waals surface area (Å²) < 4.78 is 11.0. The average Bonchev–Trinajstić information content (AvgIpc) is 2.71. The maximum absolute atomic E-state index is 12.6. The molecule has 0 unspecified atom stereocenters. The lowest BCUT2D eigenvalue weighted by Crippen LogP contribution is -2.23. The van der Waals surface area contributed by atoms with E-state index in [0.717, 1.165) is 12.8 Å². The molecule has 3 rings (SSSR count). The molecule has 1 heterocycles. The first-order valence-electron chi connectivity index (χ1n) is 9.53. The molecule has 0 spiro atoms. The fourth-order valence-corrected chi connectivity index (χ4v) is 3.30. The second-order valence-electron chi connectivity index (χ2n) is 6.94. The molecule has 0 radical (unpaired) electrons. The number of ketones is 2. The van der Waals surface area contributed by atoms with Crippen LogP contribution in [0.15, 0.2) is 42.5 Å². The van der Waals surface area contributed by atoms with Crippen LogP contribution in [0.4, 0.5) is 5.69 Å². The maximum Gasteiger partial charge on any atom is 0.165 e. The average molecular weight is 383 g/mol. The van der Waals surface area contributed by atoms with Crippen molar-refractivity contribution in [3.63, 3.8) is 0 Å². The number of Topliss-reactive ketones (excluding diaryl/α,β-unsaturated/α-hetero) is 2. The molecular formula is C22H25NO5. The lowest BCUT2D eigenvalue weighted by molar-refractivity contribution is -0.125. The zero-order valence-electron chi connectivity index (χ0n) is 15.7. The van der Waals surface area contributed by atoms with Gasteiger partial charge in [-0.25, -0.2) is 0 Å². The lowest BCUT2D eigenvalue weighted by atomic mass is 9.91. The summed E-state index contributed by atoms with van der Waals surface area (Å²) in [5.74, 6) is 1.21. The Hall–Kier alpha value is -2.86. The van der Waals surface area contributed by atoms with Crippen molar-refractivity contribution in [3.05, 3.63) is 48.0 Å². The lowest BCUT2D eigenvalue weighted by Gasteiger charge is -2.20. The van der Waals surface area contributed by atoms with Crippen LogP contribution in [0.5, 0.6) is 17.2 Å². The summed E-state index contributed by atoms with van der Waals surface area (Å²) in [6.45, 7) is 1.28. The Balaban J connectivity index is 1.57. The predicted octanol–water partition coefficient (Wildman–Crippen LogP) is 4.12. The van der Waals surface area contributed by atoms with E-state index < -0.39 is 0 Å². The molecule has 6 heteroatoms. The molecule has 0 saturated carbocycles. The number of carbonyl (C=O) groups is 2. The Morgan fingerprint density at radius 3 is 2.50 bits per heavy atom. The van der Waals surface area contributed by atoms with E-state index in [2.05, 4.69) is 0 Å². The Morgan fingerprint density at radius 2 is 1.79 bits per heavy atom. The van der Waals surface area contributed by atoms with Gasteiger partial charge in [0.2, 0.25) is 0 Å². The zero-order chi connectivity index (χ0) is 19.9. The van der Waals surface area contributed by atoms with Gasteiger partial charge in [0.05, 0.1) is 5.69 Å². The van der Waals surface area contributed by atoms with Crippen LogP contribution >= 0.6 is 0 Å². The molecule has 0 aromatic heterocycles. The maximum atomic E-state index is 12.6. The summed E-state index contributed by atoms with van der Waals surface area (Å²) in [6, 6.07) is 11.3. The third-order valence-electron chi connectivity index (χ3n) is 4.93. The Labute approximate surface area is 164 Å². The molecule has 6 nitrogen and oxygen atoms in total. The van der Waals surface area contributed by atoms with Gasteiger partial charge in [0.25, 0.3) is 0 Å². The van der Waals surface area contributed by atoms with Crippen molar-refractivity contribution < 1.29 is 24.2 Å². The van der Waals surface area contributed by atoms with Gasteiger partial charge in [0.1, 0.15) is 17.3 Å². The summed E-state index contributed by atoms with van der Waals surface area (Å²) in [6.07, 6.45) is 2.73. The van der Waals surface area contributed by atoms with Crippen molar-refractivity contribution >= 4 is 17.3 Å². The number of benzene rings is 2. The molecule has 0 amide bonds. The van der Waals surface area contributed by atoms with Crippen molar-refractivity contribution in [2.75, 3.05) is 18.9 Å². The van der Waals surface area contributed by atoms with E-state index in [9.17, 15) is 14.7 Å². The second-order valence-corrected chi connectivity index (χ2v) is 6.94. The van der Waals surface area contributed by atoms with Gasteiger partial charge in [0, 0.05) is 37.5 Å². The number of anilines is 1. The van der Waals surface area contributed by atoms with Crippen LogP contribution in [0.1, 0.15) is 42.5 Å². The van der Waals surface area contributed by atoms with Gasteiger partial charge in [-0.15, -0.1) is 0 Å². The quantitative estimate of drug-likeness (QED) is 0.526. The number of ether oxygens (including phenoxy) is 2.